The SMILES string of the molecule is C.CC(C)(C)CC(F)(F)C(F)(F)F.CC(C)(C)CC1CC1.CC(C)(C)CCC(F)(F)F.CC(C)(C)CCC(F)F.CC(C)(C)CCC1CCC1.CC(C)(C)CCCC(F)(F)F.CC(C)(C)CCCF.CC(C)(C)CCCO.CC(C)CC(C)(C)C.CC(C)CCC(C)(C)C.CCC(C)(C)C.CCCC(C)(C)C.CCCCC(C)(C)C.COCCCC(C)(C)C. The van der Waals surface area contributed by atoms with Crippen LogP contribution in [0, 0.1) is 99.5 Å². The fourth-order valence-corrected chi connectivity index (χ4v) is 10.6. The summed E-state index contributed by atoms with van der Waals surface area (Å²) < 4.78 is 169. The molecular formula is C108H228F14O2. The highest BCUT2D eigenvalue weighted by molar-refractivity contribution is 4.82. The third kappa shape index (κ3) is 197. The third-order valence-electron chi connectivity index (χ3n) is 18.2. The average molecular weight is 1820 g/mol. The molecule has 0 aliphatic heterocycles. The molecule has 0 amide bonds. The van der Waals surface area contributed by atoms with Crippen molar-refractivity contribution in [1.29, 1.82) is 0 Å². The molecule has 0 radical (unpaired) electrons. The van der Waals surface area contributed by atoms with E-state index in [-0.39, 0.29) is 49.6 Å². The molecule has 0 atom stereocenters. The maximum atomic E-state index is 12.3. The van der Waals surface area contributed by atoms with Crippen LogP contribution in [0.4, 0.5) is 61.5 Å². The van der Waals surface area contributed by atoms with E-state index in [1.165, 1.54) is 143 Å². The van der Waals surface area contributed by atoms with Crippen molar-refractivity contribution in [3.8, 4) is 0 Å². The second kappa shape index (κ2) is 72.4. The van der Waals surface area contributed by atoms with Crippen molar-refractivity contribution in [1.82, 2.24) is 0 Å². The van der Waals surface area contributed by atoms with E-state index >= 15 is 0 Å². The first kappa shape index (κ1) is 151. The van der Waals surface area contributed by atoms with Gasteiger partial charge in [-0.1, -0.05) is 411 Å². The zero-order valence-electron chi connectivity index (χ0n) is 92.1. The van der Waals surface area contributed by atoms with Crippen molar-refractivity contribution < 1.29 is 71.3 Å². The Hall–Kier alpha value is -1.06. The van der Waals surface area contributed by atoms with Gasteiger partial charge in [0.2, 0.25) is 6.43 Å². The first-order valence-electron chi connectivity index (χ1n) is 48.2. The summed E-state index contributed by atoms with van der Waals surface area (Å²) in [5.41, 5.74) is 3.85. The summed E-state index contributed by atoms with van der Waals surface area (Å²) in [6.45, 7) is 106. The monoisotopic (exact) mass is 1820 g/mol. The van der Waals surface area contributed by atoms with E-state index in [0.717, 1.165) is 49.5 Å². The van der Waals surface area contributed by atoms with E-state index < -0.39 is 55.6 Å². The van der Waals surface area contributed by atoms with Crippen LogP contribution in [-0.2, 0) is 4.74 Å². The van der Waals surface area contributed by atoms with Crippen molar-refractivity contribution >= 4 is 0 Å². The third-order valence-corrected chi connectivity index (χ3v) is 18.2. The maximum Gasteiger partial charge on any atom is 0.453 e. The predicted octanol–water partition coefficient (Wildman–Crippen LogP) is 43.0. The molecule has 2 rings (SSSR count). The normalized spacial score (nSPS) is 13.9. The van der Waals surface area contributed by atoms with Crippen molar-refractivity contribution in [3.05, 3.63) is 0 Å². The van der Waals surface area contributed by atoms with Gasteiger partial charge < -0.3 is 9.84 Å². The Balaban J connectivity index is -0.0000000975. The van der Waals surface area contributed by atoms with E-state index in [1.807, 2.05) is 41.5 Å². The van der Waals surface area contributed by atoms with Gasteiger partial charge in [-0.2, -0.15) is 48.3 Å². The molecule has 0 aromatic carbocycles. The van der Waals surface area contributed by atoms with Gasteiger partial charge in [-0.15, -0.1) is 0 Å². The van der Waals surface area contributed by atoms with Crippen LogP contribution in [-0.4, -0.2) is 63.0 Å². The maximum absolute atomic E-state index is 12.3. The van der Waals surface area contributed by atoms with Crippen LogP contribution in [0.1, 0.15) is 546 Å². The number of unbranched alkanes of at least 4 members (excludes halogenated alkanes) is 1. The predicted molar refractivity (Wildman–Crippen MR) is 530 cm³/mol. The van der Waals surface area contributed by atoms with Crippen molar-refractivity contribution in [3.63, 3.8) is 0 Å². The highest BCUT2D eigenvalue weighted by Crippen LogP contribution is 2.44. The minimum Gasteiger partial charge on any atom is -0.396 e. The molecule has 0 aromatic heterocycles. The first-order valence-corrected chi connectivity index (χ1v) is 48.2. The van der Waals surface area contributed by atoms with Gasteiger partial charge in [0.15, 0.2) is 0 Å². The second-order valence-electron chi connectivity index (χ2n) is 53.2. The Labute approximate surface area is 770 Å². The highest BCUT2D eigenvalue weighted by Gasteiger charge is 2.58. The molecule has 2 nitrogen and oxygen atoms in total. The molecule has 2 saturated carbocycles. The molecule has 2 aliphatic rings. The van der Waals surface area contributed by atoms with Gasteiger partial charge in [-0.3, -0.25) is 4.39 Å². The molecule has 0 bridgehead atoms. The smallest absolute Gasteiger partial charge is 0.396 e. The van der Waals surface area contributed by atoms with Gasteiger partial charge in [0.25, 0.3) is 0 Å². The van der Waals surface area contributed by atoms with Crippen molar-refractivity contribution in [2.24, 2.45) is 99.5 Å². The quantitative estimate of drug-likeness (QED) is 0.0865. The van der Waals surface area contributed by atoms with Gasteiger partial charge in [0, 0.05) is 46.0 Å². The van der Waals surface area contributed by atoms with E-state index in [4.69, 9.17) is 9.84 Å². The van der Waals surface area contributed by atoms with E-state index in [9.17, 15) is 61.5 Å². The number of hydrogen-bond donors (Lipinski definition) is 1. The Kier molecular flexibility index (Phi) is 88.3. The van der Waals surface area contributed by atoms with Gasteiger partial charge in [-0.25, -0.2) is 8.78 Å². The number of halogens is 14. The highest BCUT2D eigenvalue weighted by atomic mass is 19.4. The lowest BCUT2D eigenvalue weighted by Gasteiger charge is -2.28. The van der Waals surface area contributed by atoms with Crippen LogP contribution < -0.4 is 0 Å². The van der Waals surface area contributed by atoms with Crippen LogP contribution >= 0.6 is 0 Å². The molecular weight excluding hydrogens is 1600 g/mol. The van der Waals surface area contributed by atoms with Gasteiger partial charge in [0.1, 0.15) is 0 Å². The van der Waals surface area contributed by atoms with Crippen LogP contribution in [0.3, 0.4) is 0 Å². The Morgan fingerprint density at radius 1 is 0.323 bits per heavy atom. The molecule has 770 valence electrons. The number of aliphatic hydroxyl groups is 1. The first-order chi connectivity index (χ1) is 53.6. The molecule has 124 heavy (non-hydrogen) atoms. The summed E-state index contributed by atoms with van der Waals surface area (Å²) in [6, 6.07) is 0. The minimum atomic E-state index is -5.43. The van der Waals surface area contributed by atoms with Gasteiger partial charge in [0.05, 0.1) is 6.67 Å². The summed E-state index contributed by atoms with van der Waals surface area (Å²) in [5, 5.41) is 8.43. The summed E-state index contributed by atoms with van der Waals surface area (Å²) >= 11 is 0. The lowest BCUT2D eigenvalue weighted by molar-refractivity contribution is -0.291. The second-order valence-corrected chi connectivity index (χ2v) is 53.2. The van der Waals surface area contributed by atoms with Crippen molar-refractivity contribution in [2.75, 3.05) is 27.0 Å². The van der Waals surface area contributed by atoms with Crippen LogP contribution in [0.15, 0.2) is 0 Å². The molecule has 0 unspecified atom stereocenters. The summed E-state index contributed by atoms with van der Waals surface area (Å²) in [7, 11) is 1.75. The Morgan fingerprint density at radius 2 is 0.645 bits per heavy atom. The number of rotatable bonds is 22. The van der Waals surface area contributed by atoms with Gasteiger partial charge in [-0.05, 0) is 209 Å². The molecule has 16 heteroatoms. The zero-order chi connectivity index (χ0) is 102. The number of methoxy groups -OCH3 is 1. The summed E-state index contributed by atoms with van der Waals surface area (Å²) in [4.78, 5) is 0. The largest absolute Gasteiger partial charge is 0.453 e. The fraction of sp³-hybridized carbons (Fsp3) is 1.00. The van der Waals surface area contributed by atoms with Crippen LogP contribution in [0.5, 0.6) is 0 Å². The molecule has 0 aromatic rings. The lowest BCUT2D eigenvalue weighted by atomic mass is 9.78. The topological polar surface area (TPSA) is 29.5 Å². The number of alkyl halides is 14. The fourth-order valence-electron chi connectivity index (χ4n) is 10.6. The molecule has 1 N–H and O–H groups in total. The number of hydrogen-bond acceptors (Lipinski definition) is 2. The molecule has 2 aliphatic carbocycles. The van der Waals surface area contributed by atoms with Crippen molar-refractivity contribution in [2.45, 2.75) is 577 Å². The standard InChI is InChI=1S/C10H20.C9H20.C8H15F3.C8H18O.C8H16.2C8H18.C7H11F5.C7H13F3.C7H14F2.C7H15F.C7H16O.C7H16.C6H14.CH4/c1-10(2,3)8-7-9-5-4-6-9;1-8(2)6-7-9(3,4)5;1-7(2,3)5-4-6-8(9,10)11;1-8(2,3)6-5-7-9-4;1-8(2,3)6-7-4-5-7;1-7(2)6-8(3,4)5;1-5-6-7-8(2,3)4;1-5(2,3)4-6(8,9)7(10,11)12;1-6(2,3)4-5-7(8,9)10;1-7(2,3)5-4-6(8)9;2*1-7(2,3)5-4-6-8;1-5-6-7(2,3)4;1-5-6(2,3)4;/h9H,4-8H2,1-3H3;8H,6-7H2,1-5H3;4-6H2,1-3H3;5-7H2,1-4H3;7H,4-6H2,1-3H3;7H,6H2,1-5H3;5-7H2,1-4H3;4H2,1-3H3;4-5H2,1-3H3;6H,4-5H2,1-3H3;4-6H2,1-3H3;8H,4-6H2,1-3H3;5-6H2,1-4H3;5H2,1-4H3;1H4. The molecule has 0 spiro atoms. The van der Waals surface area contributed by atoms with E-state index in [1.54, 1.807) is 27.9 Å². The van der Waals surface area contributed by atoms with E-state index in [0.29, 0.717) is 80.0 Å². The van der Waals surface area contributed by atoms with Gasteiger partial charge >= 0.3 is 24.5 Å². The Morgan fingerprint density at radius 3 is 0.782 bits per heavy atom. The number of ether oxygens (including phenoxy) is 1. The molecule has 2 fully saturated rings. The summed E-state index contributed by atoms with van der Waals surface area (Å²) in [6.07, 6.45) is 13.7. The lowest BCUT2D eigenvalue weighted by Crippen LogP contribution is -2.39. The van der Waals surface area contributed by atoms with Crippen LogP contribution in [0.25, 0.3) is 0 Å². The average Bonchev–Trinajstić information content (AvgIpc) is 1.08. The van der Waals surface area contributed by atoms with Crippen LogP contribution in [0.2, 0.25) is 0 Å². The Bertz CT molecular complexity index is 2100. The zero-order valence-corrected chi connectivity index (χ0v) is 92.1. The molecule has 0 heterocycles. The van der Waals surface area contributed by atoms with E-state index in [2.05, 4.69) is 256 Å². The molecule has 0 saturated heterocycles. The number of aliphatic hydroxyl groups excluding tert-OH is 1. The minimum absolute atomic E-state index is 0. The summed E-state index contributed by atoms with van der Waals surface area (Å²) in [5.74, 6) is -0.681.